The van der Waals surface area contributed by atoms with Gasteiger partial charge in [-0.3, -0.25) is 4.79 Å². The topological polar surface area (TPSA) is 48.4 Å². The van der Waals surface area contributed by atoms with Crippen LogP contribution in [0.25, 0.3) is 5.76 Å². The average Bonchev–Trinajstić information content (AvgIpc) is 3.00. The van der Waals surface area contributed by atoms with Crippen molar-refractivity contribution < 1.29 is 27.4 Å². The van der Waals surface area contributed by atoms with Crippen LogP contribution in [0, 0.1) is 5.82 Å². The Morgan fingerprint density at radius 3 is 2.75 bits per heavy atom. The Kier molecular flexibility index (Phi) is 5.75. The highest BCUT2D eigenvalue weighted by molar-refractivity contribution is 7.15. The first-order valence-electron chi connectivity index (χ1n) is 6.56. The molecule has 0 aliphatic heterocycles. The smallest absolute Gasteiger partial charge is 0.279 e. The molecule has 2 rings (SSSR count). The third kappa shape index (κ3) is 4.02. The molecule has 0 aliphatic carbocycles. The summed E-state index contributed by atoms with van der Waals surface area (Å²) in [4.78, 5) is 14.9. The number of benzene rings is 1. The average molecular weight is 355 g/mol. The van der Waals surface area contributed by atoms with Crippen LogP contribution in [-0.2, 0) is 4.74 Å². The minimum atomic E-state index is -2.81. The van der Waals surface area contributed by atoms with Crippen molar-refractivity contribution in [1.29, 1.82) is 0 Å². The molecule has 0 radical (unpaired) electrons. The van der Waals surface area contributed by atoms with Gasteiger partial charge in [-0.2, -0.15) is 0 Å². The fourth-order valence-corrected chi connectivity index (χ4v) is 2.35. The van der Waals surface area contributed by atoms with E-state index in [0.29, 0.717) is 11.2 Å². The van der Waals surface area contributed by atoms with E-state index in [1.807, 2.05) is 0 Å². The van der Waals surface area contributed by atoms with Crippen LogP contribution in [0.2, 0.25) is 0 Å². The van der Waals surface area contributed by atoms with Gasteiger partial charge in [-0.05, 0) is 18.2 Å². The van der Waals surface area contributed by atoms with Crippen LogP contribution in [0.15, 0.2) is 42.6 Å². The molecule has 0 amide bonds. The maximum atomic E-state index is 14.2. The van der Waals surface area contributed by atoms with Gasteiger partial charge in [-0.1, -0.05) is 24.0 Å². The first-order valence-corrected chi connectivity index (χ1v) is 7.38. The molecule has 1 aromatic heterocycles. The standard InChI is InChI=1S/C16H12F3NO3S/c1-9(15(18)19)6-13(22-2)14-11(17)4-3-5-12(14)23-16-20-7-10(8-21)24-16/h3-8,15H,1H2,2H3/b13-6-. The van der Waals surface area contributed by atoms with Crippen molar-refractivity contribution in [3.05, 3.63) is 58.9 Å². The molecule has 0 aliphatic rings. The number of allylic oxidation sites excluding steroid dienone is 2. The van der Waals surface area contributed by atoms with Crippen molar-refractivity contribution in [2.75, 3.05) is 7.11 Å². The molecule has 0 atom stereocenters. The lowest BCUT2D eigenvalue weighted by atomic mass is 10.1. The molecule has 0 saturated heterocycles. The second-order valence-electron chi connectivity index (χ2n) is 4.45. The third-order valence-electron chi connectivity index (χ3n) is 2.85. The number of aldehydes is 1. The zero-order valence-electron chi connectivity index (χ0n) is 12.5. The normalized spacial score (nSPS) is 11.5. The lowest BCUT2D eigenvalue weighted by molar-refractivity contribution is 0.112. The Labute approximate surface area is 139 Å². The highest BCUT2D eigenvalue weighted by Gasteiger charge is 2.19. The first kappa shape index (κ1) is 17.7. The summed E-state index contributed by atoms with van der Waals surface area (Å²) in [6, 6.07) is 3.95. The minimum absolute atomic E-state index is 0.0111. The van der Waals surface area contributed by atoms with Crippen molar-refractivity contribution in [2.24, 2.45) is 0 Å². The van der Waals surface area contributed by atoms with Crippen LogP contribution >= 0.6 is 11.3 Å². The number of hydrogen-bond donors (Lipinski definition) is 0. The number of nitrogens with zero attached hydrogens (tertiary/aromatic N) is 1. The molecule has 4 nitrogen and oxygen atoms in total. The number of carbonyl (C=O) groups is 1. The van der Waals surface area contributed by atoms with Crippen LogP contribution in [0.1, 0.15) is 15.2 Å². The van der Waals surface area contributed by atoms with Crippen molar-refractivity contribution in [1.82, 2.24) is 4.98 Å². The van der Waals surface area contributed by atoms with E-state index in [1.54, 1.807) is 0 Å². The van der Waals surface area contributed by atoms with E-state index in [1.165, 1.54) is 25.4 Å². The molecule has 0 spiro atoms. The number of rotatable bonds is 7. The molecular weight excluding hydrogens is 343 g/mol. The van der Waals surface area contributed by atoms with Crippen molar-refractivity contribution in [3.8, 4) is 10.9 Å². The summed E-state index contributed by atoms with van der Waals surface area (Å²) in [5.41, 5.74) is -0.678. The SMILES string of the molecule is C=C(/C=C(\OC)c1c(F)cccc1Oc1ncc(C=O)s1)C(F)F. The number of carbonyl (C=O) groups excluding carboxylic acids is 1. The largest absolute Gasteiger partial charge is 0.496 e. The summed E-state index contributed by atoms with van der Waals surface area (Å²) in [6.45, 7) is 3.21. The first-order chi connectivity index (χ1) is 11.5. The Hall–Kier alpha value is -2.61. The zero-order chi connectivity index (χ0) is 17.7. The number of thiazole rings is 1. The van der Waals surface area contributed by atoms with E-state index >= 15 is 0 Å². The zero-order valence-corrected chi connectivity index (χ0v) is 13.3. The summed E-state index contributed by atoms with van der Waals surface area (Å²) in [5.74, 6) is -0.882. The van der Waals surface area contributed by atoms with E-state index in [2.05, 4.69) is 11.6 Å². The summed E-state index contributed by atoms with van der Waals surface area (Å²) in [5, 5.41) is 0.104. The van der Waals surface area contributed by atoms with E-state index in [4.69, 9.17) is 9.47 Å². The predicted octanol–water partition coefficient (Wildman–Crippen LogP) is 4.70. The number of ether oxygens (including phenoxy) is 2. The maximum absolute atomic E-state index is 14.2. The van der Waals surface area contributed by atoms with Crippen molar-refractivity contribution in [2.45, 2.75) is 6.43 Å². The molecule has 2 aromatic rings. The van der Waals surface area contributed by atoms with Gasteiger partial charge in [0.1, 0.15) is 17.3 Å². The molecule has 8 heteroatoms. The van der Waals surface area contributed by atoms with Gasteiger partial charge < -0.3 is 9.47 Å². The van der Waals surface area contributed by atoms with Gasteiger partial charge in [-0.15, -0.1) is 0 Å². The molecule has 126 valence electrons. The highest BCUT2D eigenvalue weighted by Crippen LogP contribution is 2.35. The second kappa shape index (κ2) is 7.78. The lowest BCUT2D eigenvalue weighted by Gasteiger charge is -2.13. The molecule has 1 heterocycles. The van der Waals surface area contributed by atoms with Crippen molar-refractivity contribution >= 4 is 23.4 Å². The Morgan fingerprint density at radius 1 is 1.42 bits per heavy atom. The van der Waals surface area contributed by atoms with Gasteiger partial charge in [0.15, 0.2) is 6.29 Å². The highest BCUT2D eigenvalue weighted by atomic mass is 32.1. The Balaban J connectivity index is 2.45. The third-order valence-corrected chi connectivity index (χ3v) is 3.65. The van der Waals surface area contributed by atoms with E-state index in [9.17, 15) is 18.0 Å². The Bertz CT molecular complexity index is 787. The molecule has 24 heavy (non-hydrogen) atoms. The van der Waals surface area contributed by atoms with Gasteiger partial charge in [0, 0.05) is 5.57 Å². The van der Waals surface area contributed by atoms with Crippen LogP contribution in [0.5, 0.6) is 10.9 Å². The molecular formula is C16H12F3NO3S. The molecule has 0 bridgehead atoms. The van der Waals surface area contributed by atoms with Gasteiger partial charge in [-0.25, -0.2) is 18.2 Å². The van der Waals surface area contributed by atoms with Crippen LogP contribution in [-0.4, -0.2) is 24.8 Å². The monoisotopic (exact) mass is 355 g/mol. The number of methoxy groups -OCH3 is 1. The van der Waals surface area contributed by atoms with Crippen LogP contribution < -0.4 is 4.74 Å². The molecule has 0 fully saturated rings. The number of alkyl halides is 2. The van der Waals surface area contributed by atoms with Crippen LogP contribution in [0.3, 0.4) is 0 Å². The van der Waals surface area contributed by atoms with Gasteiger partial charge in [0.2, 0.25) is 0 Å². The number of halogens is 3. The predicted molar refractivity (Wildman–Crippen MR) is 84.1 cm³/mol. The summed E-state index contributed by atoms with van der Waals surface area (Å²) in [7, 11) is 1.22. The van der Waals surface area contributed by atoms with E-state index < -0.39 is 17.8 Å². The van der Waals surface area contributed by atoms with E-state index in [-0.39, 0.29) is 22.3 Å². The summed E-state index contributed by atoms with van der Waals surface area (Å²) >= 11 is 0.959. The van der Waals surface area contributed by atoms with Crippen molar-refractivity contribution in [3.63, 3.8) is 0 Å². The van der Waals surface area contributed by atoms with Gasteiger partial charge >= 0.3 is 0 Å². The van der Waals surface area contributed by atoms with Gasteiger partial charge in [0.25, 0.3) is 11.6 Å². The second-order valence-corrected chi connectivity index (χ2v) is 5.47. The maximum Gasteiger partial charge on any atom is 0.279 e. The quantitative estimate of drug-likeness (QED) is 0.410. The fraction of sp³-hybridized carbons (Fsp3) is 0.125. The molecule has 0 saturated carbocycles. The number of hydrogen-bond acceptors (Lipinski definition) is 5. The lowest BCUT2D eigenvalue weighted by Crippen LogP contribution is -2.00. The minimum Gasteiger partial charge on any atom is -0.496 e. The van der Waals surface area contributed by atoms with Crippen LogP contribution in [0.4, 0.5) is 13.2 Å². The summed E-state index contributed by atoms with van der Waals surface area (Å²) < 4.78 is 50.0. The van der Waals surface area contributed by atoms with E-state index in [0.717, 1.165) is 23.5 Å². The fourth-order valence-electron chi connectivity index (χ4n) is 1.76. The summed E-state index contributed by atoms with van der Waals surface area (Å²) in [6.07, 6.45) is 0.0385. The van der Waals surface area contributed by atoms with Gasteiger partial charge in [0.05, 0.1) is 23.7 Å². The Morgan fingerprint density at radius 2 is 2.17 bits per heavy atom. The molecule has 0 unspecified atom stereocenters. The number of aromatic nitrogens is 1. The molecule has 1 aromatic carbocycles. The molecule has 0 N–H and O–H groups in total.